The van der Waals surface area contributed by atoms with E-state index in [0.29, 0.717) is 6.04 Å². The first-order valence-electron chi connectivity index (χ1n) is 7.20. The van der Waals surface area contributed by atoms with Crippen molar-refractivity contribution in [2.24, 2.45) is 0 Å². The fourth-order valence-electron chi connectivity index (χ4n) is 3.09. The molecule has 0 aliphatic carbocycles. The molecular formula is C15H20BrN3O2. The zero-order valence-electron chi connectivity index (χ0n) is 12.5. The lowest BCUT2D eigenvalue weighted by Gasteiger charge is -2.36. The minimum absolute atomic E-state index is 0.193. The van der Waals surface area contributed by atoms with Crippen molar-refractivity contribution < 1.29 is 9.53 Å². The highest BCUT2D eigenvalue weighted by atomic mass is 79.9. The third-order valence-electron chi connectivity index (χ3n) is 3.89. The van der Waals surface area contributed by atoms with E-state index < -0.39 is 5.60 Å². The molecule has 3 rings (SSSR count). The molecule has 2 bridgehead atoms. The summed E-state index contributed by atoms with van der Waals surface area (Å²) in [6.45, 7) is 7.28. The van der Waals surface area contributed by atoms with Gasteiger partial charge in [0.05, 0.1) is 17.9 Å². The number of fused-ring (bicyclic) bond motifs is 2. The summed E-state index contributed by atoms with van der Waals surface area (Å²) in [5.74, 6) is 0. The van der Waals surface area contributed by atoms with Crippen LogP contribution in [0.3, 0.4) is 0 Å². The monoisotopic (exact) mass is 353 g/mol. The molecule has 1 amide bonds. The van der Waals surface area contributed by atoms with Gasteiger partial charge in [-0.1, -0.05) is 0 Å². The van der Waals surface area contributed by atoms with Crippen LogP contribution in [0.5, 0.6) is 0 Å². The number of piperazine rings is 1. The number of ether oxygens (including phenoxy) is 1. The lowest BCUT2D eigenvalue weighted by atomic mass is 10.2. The molecule has 1 aromatic rings. The van der Waals surface area contributed by atoms with Gasteiger partial charge in [-0.05, 0) is 49.2 Å². The number of nitrogens with zero attached hydrogens (tertiary/aromatic N) is 3. The van der Waals surface area contributed by atoms with Gasteiger partial charge in [0.15, 0.2) is 0 Å². The summed E-state index contributed by atoms with van der Waals surface area (Å²) in [4.78, 5) is 20.6. The van der Waals surface area contributed by atoms with Crippen molar-refractivity contribution >= 4 is 27.7 Å². The normalized spacial score (nSPS) is 24.6. The molecular weight excluding hydrogens is 334 g/mol. The Hall–Kier alpha value is -1.30. The maximum absolute atomic E-state index is 12.2. The fourth-order valence-corrected chi connectivity index (χ4v) is 3.44. The summed E-state index contributed by atoms with van der Waals surface area (Å²) in [7, 11) is 0. The van der Waals surface area contributed by atoms with Crippen LogP contribution in [-0.4, -0.2) is 46.8 Å². The fraction of sp³-hybridized carbons (Fsp3) is 0.600. The van der Waals surface area contributed by atoms with Gasteiger partial charge in [-0.3, -0.25) is 4.98 Å². The molecule has 1 unspecified atom stereocenters. The largest absolute Gasteiger partial charge is 0.444 e. The molecule has 0 saturated carbocycles. The number of amides is 1. The number of carbonyl (C=O) groups is 1. The number of carbonyl (C=O) groups excluding carboxylic acids is 1. The number of anilines is 1. The van der Waals surface area contributed by atoms with Gasteiger partial charge in [-0.15, -0.1) is 0 Å². The molecule has 1 aromatic heterocycles. The van der Waals surface area contributed by atoms with Gasteiger partial charge in [-0.25, -0.2) is 4.79 Å². The minimum atomic E-state index is -0.438. The van der Waals surface area contributed by atoms with Crippen molar-refractivity contribution in [3.8, 4) is 0 Å². The Bertz CT molecular complexity index is 558. The van der Waals surface area contributed by atoms with Crippen LogP contribution in [0.4, 0.5) is 10.5 Å². The molecule has 0 radical (unpaired) electrons. The molecule has 3 heterocycles. The summed E-state index contributed by atoms with van der Waals surface area (Å²) in [6.07, 6.45) is 4.47. The predicted molar refractivity (Wildman–Crippen MR) is 84.4 cm³/mol. The first-order chi connectivity index (χ1) is 9.83. The quantitative estimate of drug-likeness (QED) is 0.778. The Labute approximate surface area is 133 Å². The van der Waals surface area contributed by atoms with Crippen molar-refractivity contribution in [2.75, 3.05) is 18.0 Å². The predicted octanol–water partition coefficient (Wildman–Crippen LogP) is 3.04. The second-order valence-electron chi connectivity index (χ2n) is 6.69. The third kappa shape index (κ3) is 3.00. The van der Waals surface area contributed by atoms with Crippen molar-refractivity contribution in [2.45, 2.75) is 44.9 Å². The number of pyridine rings is 1. The van der Waals surface area contributed by atoms with E-state index >= 15 is 0 Å². The highest BCUT2D eigenvalue weighted by Crippen LogP contribution is 2.35. The zero-order chi connectivity index (χ0) is 15.2. The number of rotatable bonds is 1. The zero-order valence-corrected chi connectivity index (χ0v) is 14.1. The second-order valence-corrected chi connectivity index (χ2v) is 7.61. The SMILES string of the molecule is CC(C)(C)OC(=O)N1C[C@@H]2CC1CN2c1cncc(Br)c1. The van der Waals surface area contributed by atoms with Crippen LogP contribution in [0, 0.1) is 0 Å². The highest BCUT2D eigenvalue weighted by molar-refractivity contribution is 9.10. The average molecular weight is 354 g/mol. The summed E-state index contributed by atoms with van der Waals surface area (Å²) >= 11 is 3.46. The Morgan fingerprint density at radius 2 is 2.10 bits per heavy atom. The molecule has 0 N–H and O–H groups in total. The van der Waals surface area contributed by atoms with E-state index in [2.05, 4.69) is 31.9 Å². The van der Waals surface area contributed by atoms with E-state index in [0.717, 1.165) is 29.7 Å². The van der Waals surface area contributed by atoms with Crippen molar-refractivity contribution in [3.63, 3.8) is 0 Å². The van der Waals surface area contributed by atoms with Crippen molar-refractivity contribution in [1.29, 1.82) is 0 Å². The van der Waals surface area contributed by atoms with Gasteiger partial charge in [0, 0.05) is 29.8 Å². The Morgan fingerprint density at radius 1 is 1.33 bits per heavy atom. The van der Waals surface area contributed by atoms with E-state index in [1.54, 1.807) is 6.20 Å². The van der Waals surface area contributed by atoms with Crippen LogP contribution in [0.1, 0.15) is 27.2 Å². The maximum atomic E-state index is 12.2. The highest BCUT2D eigenvalue weighted by Gasteiger charge is 2.46. The van der Waals surface area contributed by atoms with Gasteiger partial charge in [0.2, 0.25) is 0 Å². The van der Waals surface area contributed by atoms with E-state index in [1.165, 1.54) is 0 Å². The summed E-state index contributed by atoms with van der Waals surface area (Å²) < 4.78 is 6.46. The summed E-state index contributed by atoms with van der Waals surface area (Å²) in [6, 6.07) is 2.67. The first-order valence-corrected chi connectivity index (χ1v) is 7.99. The number of hydrogen-bond acceptors (Lipinski definition) is 4. The van der Waals surface area contributed by atoms with E-state index in [4.69, 9.17) is 4.74 Å². The Morgan fingerprint density at radius 3 is 2.67 bits per heavy atom. The number of hydrogen-bond donors (Lipinski definition) is 0. The van der Waals surface area contributed by atoms with Crippen LogP contribution in [0.15, 0.2) is 22.9 Å². The van der Waals surface area contributed by atoms with Crippen LogP contribution < -0.4 is 4.90 Å². The summed E-state index contributed by atoms with van der Waals surface area (Å²) in [5, 5.41) is 0. The van der Waals surface area contributed by atoms with Crippen LogP contribution in [0.25, 0.3) is 0 Å². The minimum Gasteiger partial charge on any atom is -0.444 e. The molecule has 0 spiro atoms. The lowest BCUT2D eigenvalue weighted by Crippen LogP contribution is -2.50. The van der Waals surface area contributed by atoms with Gasteiger partial charge in [0.1, 0.15) is 5.60 Å². The lowest BCUT2D eigenvalue weighted by molar-refractivity contribution is 0.0215. The van der Waals surface area contributed by atoms with Gasteiger partial charge < -0.3 is 14.5 Å². The van der Waals surface area contributed by atoms with Gasteiger partial charge >= 0.3 is 6.09 Å². The summed E-state index contributed by atoms with van der Waals surface area (Å²) in [5.41, 5.74) is 0.674. The van der Waals surface area contributed by atoms with Crippen LogP contribution in [-0.2, 0) is 4.74 Å². The molecule has 2 aliphatic heterocycles. The van der Waals surface area contributed by atoms with Crippen LogP contribution in [0.2, 0.25) is 0 Å². The first kappa shape index (κ1) is 14.6. The van der Waals surface area contributed by atoms with Crippen molar-refractivity contribution in [1.82, 2.24) is 9.88 Å². The molecule has 2 aliphatic rings. The third-order valence-corrected chi connectivity index (χ3v) is 4.32. The molecule has 21 heavy (non-hydrogen) atoms. The smallest absolute Gasteiger partial charge is 0.410 e. The number of aromatic nitrogens is 1. The Kier molecular flexibility index (Phi) is 3.59. The molecule has 114 valence electrons. The topological polar surface area (TPSA) is 45.7 Å². The molecule has 2 saturated heterocycles. The number of likely N-dealkylation sites (tertiary alicyclic amines) is 1. The maximum Gasteiger partial charge on any atom is 0.410 e. The van der Waals surface area contributed by atoms with Gasteiger partial charge in [0.25, 0.3) is 0 Å². The van der Waals surface area contributed by atoms with Gasteiger partial charge in [-0.2, -0.15) is 0 Å². The van der Waals surface area contributed by atoms with E-state index in [9.17, 15) is 4.79 Å². The molecule has 5 nitrogen and oxygen atoms in total. The Balaban J connectivity index is 1.68. The van der Waals surface area contributed by atoms with Crippen LogP contribution >= 0.6 is 15.9 Å². The standard InChI is InChI=1S/C15H20BrN3O2/c1-15(2,3)21-14(20)19-9-12-5-13(19)8-18(12)11-4-10(16)6-17-7-11/h4,6-7,12-13H,5,8-9H2,1-3H3/t12-,13?/m0/s1. The number of halogens is 1. The second kappa shape index (κ2) is 5.16. The van der Waals surface area contributed by atoms with Crippen molar-refractivity contribution in [3.05, 3.63) is 22.9 Å². The average Bonchev–Trinajstić information content (AvgIpc) is 2.96. The molecule has 6 heteroatoms. The molecule has 2 fully saturated rings. The molecule has 2 atom stereocenters. The van der Waals surface area contributed by atoms with E-state index in [-0.39, 0.29) is 12.1 Å². The van der Waals surface area contributed by atoms with E-state index in [1.807, 2.05) is 31.9 Å². The molecule has 0 aromatic carbocycles.